The highest BCUT2D eigenvalue weighted by molar-refractivity contribution is 6.13. The maximum atomic E-state index is 5.19. The van der Waals surface area contributed by atoms with E-state index in [-0.39, 0.29) is 5.41 Å². The van der Waals surface area contributed by atoms with Crippen molar-refractivity contribution in [3.05, 3.63) is 197 Å². The summed E-state index contributed by atoms with van der Waals surface area (Å²) in [6.45, 7) is 4.61. The topological polar surface area (TPSA) is 38.7 Å². The summed E-state index contributed by atoms with van der Waals surface area (Å²) in [5.41, 5.74) is 14.7. The number of allylic oxidation sites excluding steroid dienone is 4. The fourth-order valence-electron chi connectivity index (χ4n) is 10.6. The molecule has 1 spiro atoms. The lowest BCUT2D eigenvalue weighted by Gasteiger charge is -2.59. The monoisotopic (exact) mass is 703 g/mol. The van der Waals surface area contributed by atoms with E-state index in [9.17, 15) is 0 Å². The van der Waals surface area contributed by atoms with Crippen LogP contribution in [0.15, 0.2) is 169 Å². The van der Waals surface area contributed by atoms with Crippen LogP contribution < -0.4 is 0 Å². The van der Waals surface area contributed by atoms with Gasteiger partial charge in [0.2, 0.25) is 0 Å². The van der Waals surface area contributed by atoms with Crippen LogP contribution in [-0.4, -0.2) is 15.0 Å². The van der Waals surface area contributed by atoms with Gasteiger partial charge in [-0.25, -0.2) is 15.0 Å². The third-order valence-electron chi connectivity index (χ3n) is 13.1. The van der Waals surface area contributed by atoms with Gasteiger partial charge in [-0.05, 0) is 72.5 Å². The van der Waals surface area contributed by atoms with Crippen LogP contribution in [0.1, 0.15) is 65.3 Å². The molecular weight excluding hydrogens is 667 g/mol. The lowest BCUT2D eigenvalue weighted by Crippen LogP contribution is -2.49. The van der Waals surface area contributed by atoms with Crippen molar-refractivity contribution in [2.24, 2.45) is 5.41 Å². The van der Waals surface area contributed by atoms with Crippen molar-refractivity contribution in [1.82, 2.24) is 15.0 Å². The molecule has 0 saturated heterocycles. The van der Waals surface area contributed by atoms with E-state index in [1.807, 2.05) is 18.2 Å². The van der Waals surface area contributed by atoms with E-state index in [1.54, 1.807) is 16.7 Å². The van der Waals surface area contributed by atoms with Gasteiger partial charge in [-0.2, -0.15) is 0 Å². The van der Waals surface area contributed by atoms with Crippen LogP contribution in [-0.2, 0) is 0 Å². The van der Waals surface area contributed by atoms with Gasteiger partial charge in [0.25, 0.3) is 0 Å². The molecule has 8 aromatic rings. The average Bonchev–Trinajstić information content (AvgIpc) is 3.68. The second-order valence-corrected chi connectivity index (χ2v) is 16.1. The first-order valence-corrected chi connectivity index (χ1v) is 19.6. The highest BCUT2D eigenvalue weighted by atomic mass is 15.0. The molecule has 5 aliphatic rings. The molecule has 4 unspecified atom stereocenters. The van der Waals surface area contributed by atoms with E-state index in [0.717, 1.165) is 22.1 Å². The molecule has 3 heteroatoms. The zero-order chi connectivity index (χ0) is 36.4. The Bertz CT molecular complexity index is 2970. The van der Waals surface area contributed by atoms with Gasteiger partial charge in [0.1, 0.15) is 0 Å². The molecule has 3 nitrogen and oxygen atoms in total. The Balaban J connectivity index is 0.952. The minimum absolute atomic E-state index is 0.112. The van der Waals surface area contributed by atoms with E-state index >= 15 is 0 Å². The van der Waals surface area contributed by atoms with Crippen molar-refractivity contribution < 1.29 is 0 Å². The Morgan fingerprint density at radius 2 is 1.16 bits per heavy atom. The Morgan fingerprint density at radius 1 is 0.509 bits per heavy atom. The van der Waals surface area contributed by atoms with Crippen molar-refractivity contribution in [2.45, 2.75) is 37.5 Å². The average molecular weight is 704 g/mol. The summed E-state index contributed by atoms with van der Waals surface area (Å²) in [6.07, 6.45) is 7.27. The van der Waals surface area contributed by atoms with E-state index in [0.29, 0.717) is 41.1 Å². The molecule has 1 fully saturated rings. The second kappa shape index (κ2) is 11.3. The summed E-state index contributed by atoms with van der Waals surface area (Å²) >= 11 is 0. The van der Waals surface area contributed by atoms with Crippen molar-refractivity contribution >= 4 is 21.5 Å². The molecule has 1 aromatic heterocycles. The molecule has 0 aliphatic heterocycles. The fraction of sp³-hybridized carbons (Fsp3) is 0.135. The van der Waals surface area contributed by atoms with Crippen LogP contribution in [0.25, 0.3) is 66.8 Å². The molecule has 4 atom stereocenters. The largest absolute Gasteiger partial charge is 0.208 e. The molecule has 13 rings (SSSR count). The molecule has 260 valence electrons. The number of hydrogen-bond acceptors (Lipinski definition) is 3. The number of rotatable bonds is 5. The SMILES string of the molecule is CC(C)c1ccc2c(c1)C1c3ccc(-c4ccc(-c5nc(-c6ccccc6)nc(-c6cc7ccccc7c7ccccc67)n5)cc4)cc3C3C2C2=CC=CC213. The molecule has 5 aliphatic carbocycles. The molecular formula is C52H37N3. The van der Waals surface area contributed by atoms with Crippen LogP contribution in [0, 0.1) is 5.41 Å². The number of benzene rings is 7. The third-order valence-corrected chi connectivity index (χ3v) is 13.1. The van der Waals surface area contributed by atoms with Gasteiger partial charge in [-0.1, -0.05) is 177 Å². The molecule has 7 aromatic carbocycles. The maximum Gasteiger partial charge on any atom is 0.164 e. The van der Waals surface area contributed by atoms with Gasteiger partial charge in [0, 0.05) is 39.9 Å². The predicted octanol–water partition coefficient (Wildman–Crippen LogP) is 12.8. The Hall–Kier alpha value is -6.45. The molecule has 1 saturated carbocycles. The van der Waals surface area contributed by atoms with Crippen molar-refractivity contribution in [3.63, 3.8) is 0 Å². The first-order chi connectivity index (χ1) is 27.1. The van der Waals surface area contributed by atoms with Crippen LogP contribution in [0.4, 0.5) is 0 Å². The fourth-order valence-corrected chi connectivity index (χ4v) is 10.6. The Labute approximate surface area is 320 Å². The van der Waals surface area contributed by atoms with Crippen LogP contribution in [0.5, 0.6) is 0 Å². The van der Waals surface area contributed by atoms with Gasteiger partial charge in [0.05, 0.1) is 0 Å². The summed E-state index contributed by atoms with van der Waals surface area (Å²) in [6, 6.07) is 53.0. The number of hydrogen-bond donors (Lipinski definition) is 0. The van der Waals surface area contributed by atoms with E-state index in [4.69, 9.17) is 15.0 Å². The number of fused-ring (bicyclic) bond motifs is 4. The predicted molar refractivity (Wildman–Crippen MR) is 224 cm³/mol. The smallest absolute Gasteiger partial charge is 0.164 e. The van der Waals surface area contributed by atoms with Gasteiger partial charge in [0.15, 0.2) is 17.5 Å². The van der Waals surface area contributed by atoms with Crippen molar-refractivity contribution in [3.8, 4) is 45.3 Å². The molecule has 1 heterocycles. The lowest BCUT2D eigenvalue weighted by molar-refractivity contribution is 0.204. The zero-order valence-corrected chi connectivity index (χ0v) is 30.7. The zero-order valence-electron chi connectivity index (χ0n) is 30.7. The lowest BCUT2D eigenvalue weighted by atomic mass is 9.43. The third kappa shape index (κ3) is 4.24. The highest BCUT2D eigenvalue weighted by Crippen LogP contribution is 2.81. The first-order valence-electron chi connectivity index (χ1n) is 19.6. The van der Waals surface area contributed by atoms with Gasteiger partial charge in [-0.3, -0.25) is 0 Å². The van der Waals surface area contributed by atoms with Crippen LogP contribution in [0.2, 0.25) is 0 Å². The van der Waals surface area contributed by atoms with Crippen LogP contribution >= 0.6 is 0 Å². The van der Waals surface area contributed by atoms with Gasteiger partial charge >= 0.3 is 0 Å². The summed E-state index contributed by atoms with van der Waals surface area (Å²) in [4.78, 5) is 15.4. The van der Waals surface area contributed by atoms with Gasteiger partial charge < -0.3 is 0 Å². The quantitative estimate of drug-likeness (QED) is 0.168. The van der Waals surface area contributed by atoms with E-state index < -0.39 is 0 Å². The van der Waals surface area contributed by atoms with Crippen LogP contribution in [0.3, 0.4) is 0 Å². The maximum absolute atomic E-state index is 5.19. The van der Waals surface area contributed by atoms with E-state index in [2.05, 4.69) is 159 Å². The minimum atomic E-state index is 0.112. The summed E-state index contributed by atoms with van der Waals surface area (Å²) in [7, 11) is 0. The number of nitrogens with zero attached hydrogens (tertiary/aromatic N) is 3. The van der Waals surface area contributed by atoms with Gasteiger partial charge in [-0.15, -0.1) is 0 Å². The summed E-state index contributed by atoms with van der Waals surface area (Å²) in [5.74, 6) is 3.89. The standard InChI is InChI=1S/C52H37N3/c1-30(2)34-22-24-40-42(27-34)47-41-25-23-35(28-43(41)48-46(40)45-17-10-26-52(45,47)48)31-18-20-33(21-19-31)50-53-49(32-11-4-3-5-12-32)54-51(55-50)44-29-36-13-6-7-14-37(36)38-15-8-9-16-39(38)44/h3-30,46-48H,1-2H3. The molecule has 0 amide bonds. The molecule has 0 radical (unpaired) electrons. The summed E-state index contributed by atoms with van der Waals surface area (Å²) < 4.78 is 0. The molecule has 4 bridgehead atoms. The molecule has 0 N–H and O–H groups in total. The number of aromatic nitrogens is 3. The Morgan fingerprint density at radius 3 is 1.96 bits per heavy atom. The molecule has 55 heavy (non-hydrogen) atoms. The van der Waals surface area contributed by atoms with Crippen molar-refractivity contribution in [2.75, 3.05) is 0 Å². The first kappa shape index (κ1) is 31.0. The van der Waals surface area contributed by atoms with E-state index in [1.165, 1.54) is 44.0 Å². The minimum Gasteiger partial charge on any atom is -0.208 e. The normalized spacial score (nSPS) is 21.0. The second-order valence-electron chi connectivity index (χ2n) is 16.1. The Kier molecular flexibility index (Phi) is 6.35. The highest BCUT2D eigenvalue weighted by Gasteiger charge is 2.70. The van der Waals surface area contributed by atoms with Crippen molar-refractivity contribution in [1.29, 1.82) is 0 Å². The summed E-state index contributed by atoms with van der Waals surface area (Å²) in [5, 5.41) is 4.71.